The number of carbonyl (C=O) groups is 3. The summed E-state index contributed by atoms with van der Waals surface area (Å²) in [6.45, 7) is 7.82. The number of alkyl carbamates (subject to hydrolysis) is 1. The number of nitrogens with one attached hydrogen (secondary N) is 1. The van der Waals surface area contributed by atoms with Gasteiger partial charge in [0, 0.05) is 0 Å². The second-order valence-electron chi connectivity index (χ2n) is 5.04. The summed E-state index contributed by atoms with van der Waals surface area (Å²) in [7, 11) is 0. The van der Waals surface area contributed by atoms with Crippen LogP contribution in [0.25, 0.3) is 0 Å². The SMILES string of the molecule is C=CCOC(=O)N[C@](CC(=O)O)(C(=O)O)C(C)(C)C. The molecule has 0 radical (unpaired) electrons. The van der Waals surface area contributed by atoms with Gasteiger partial charge in [-0.3, -0.25) is 4.79 Å². The van der Waals surface area contributed by atoms with E-state index in [9.17, 15) is 19.5 Å². The van der Waals surface area contributed by atoms with Crippen molar-refractivity contribution >= 4 is 18.0 Å². The molecule has 0 spiro atoms. The van der Waals surface area contributed by atoms with Gasteiger partial charge < -0.3 is 20.3 Å². The zero-order valence-corrected chi connectivity index (χ0v) is 11.2. The fourth-order valence-corrected chi connectivity index (χ4v) is 1.52. The maximum absolute atomic E-state index is 11.5. The molecule has 0 heterocycles. The molecule has 7 heteroatoms. The first-order valence-corrected chi connectivity index (χ1v) is 5.58. The topological polar surface area (TPSA) is 113 Å². The molecule has 0 saturated heterocycles. The summed E-state index contributed by atoms with van der Waals surface area (Å²) in [6, 6.07) is 0. The van der Waals surface area contributed by atoms with Crippen molar-refractivity contribution in [2.75, 3.05) is 6.61 Å². The van der Waals surface area contributed by atoms with Crippen LogP contribution in [0.4, 0.5) is 4.79 Å². The highest BCUT2D eigenvalue weighted by molar-refractivity contribution is 5.89. The standard InChI is InChI=1S/C12H19NO6/c1-5-6-19-10(18)13-12(9(16)17,7-8(14)15)11(2,3)4/h5H,1,6-7H2,2-4H3,(H,13,18)(H,14,15)(H,16,17)/t12-/m1/s1. The van der Waals surface area contributed by atoms with E-state index >= 15 is 0 Å². The minimum Gasteiger partial charge on any atom is -0.481 e. The lowest BCUT2D eigenvalue weighted by Crippen LogP contribution is -2.63. The quantitative estimate of drug-likeness (QED) is 0.627. The molecule has 0 fully saturated rings. The van der Waals surface area contributed by atoms with Crippen molar-refractivity contribution in [1.29, 1.82) is 0 Å². The Labute approximate surface area is 111 Å². The molecule has 0 unspecified atom stereocenters. The van der Waals surface area contributed by atoms with Gasteiger partial charge in [0.25, 0.3) is 0 Å². The number of hydrogen-bond acceptors (Lipinski definition) is 4. The molecule has 0 saturated carbocycles. The van der Waals surface area contributed by atoms with E-state index in [0.29, 0.717) is 0 Å². The Morgan fingerprint density at radius 3 is 2.11 bits per heavy atom. The fourth-order valence-electron chi connectivity index (χ4n) is 1.52. The predicted octanol–water partition coefficient (Wildman–Crippen LogP) is 1.24. The van der Waals surface area contributed by atoms with Crippen LogP contribution in [0, 0.1) is 5.41 Å². The lowest BCUT2D eigenvalue weighted by molar-refractivity contribution is -0.156. The number of carbonyl (C=O) groups excluding carboxylic acids is 1. The number of carboxylic acids is 2. The molecule has 1 amide bonds. The highest BCUT2D eigenvalue weighted by Crippen LogP contribution is 2.34. The van der Waals surface area contributed by atoms with Gasteiger partial charge in [-0.25, -0.2) is 9.59 Å². The van der Waals surface area contributed by atoms with Crippen molar-refractivity contribution in [3.8, 4) is 0 Å². The van der Waals surface area contributed by atoms with Crippen LogP contribution in [-0.4, -0.2) is 40.4 Å². The van der Waals surface area contributed by atoms with Gasteiger partial charge in [-0.2, -0.15) is 0 Å². The Kier molecular flexibility index (Phi) is 5.54. The maximum Gasteiger partial charge on any atom is 0.408 e. The third-order valence-electron chi connectivity index (χ3n) is 2.71. The molecule has 7 nitrogen and oxygen atoms in total. The maximum atomic E-state index is 11.5. The van der Waals surface area contributed by atoms with Crippen LogP contribution >= 0.6 is 0 Å². The molecular formula is C12H19NO6. The first kappa shape index (κ1) is 16.9. The van der Waals surface area contributed by atoms with Crippen LogP contribution in [0.2, 0.25) is 0 Å². The minimum atomic E-state index is -1.96. The zero-order valence-electron chi connectivity index (χ0n) is 11.2. The van der Waals surface area contributed by atoms with Gasteiger partial charge in [0.1, 0.15) is 6.61 Å². The van der Waals surface area contributed by atoms with E-state index in [-0.39, 0.29) is 6.61 Å². The smallest absolute Gasteiger partial charge is 0.408 e. The average molecular weight is 273 g/mol. The lowest BCUT2D eigenvalue weighted by atomic mass is 9.71. The first-order chi connectivity index (χ1) is 8.56. The predicted molar refractivity (Wildman–Crippen MR) is 66.8 cm³/mol. The molecule has 0 aromatic heterocycles. The average Bonchev–Trinajstić information content (AvgIpc) is 2.22. The summed E-state index contributed by atoms with van der Waals surface area (Å²) < 4.78 is 4.65. The molecule has 3 N–H and O–H groups in total. The summed E-state index contributed by atoms with van der Waals surface area (Å²) >= 11 is 0. The third-order valence-corrected chi connectivity index (χ3v) is 2.71. The van der Waals surface area contributed by atoms with E-state index in [0.717, 1.165) is 0 Å². The number of carboxylic acid groups (broad SMARTS) is 2. The molecule has 0 rings (SSSR count). The van der Waals surface area contributed by atoms with E-state index in [1.54, 1.807) is 0 Å². The highest BCUT2D eigenvalue weighted by atomic mass is 16.5. The zero-order chi connectivity index (χ0) is 15.3. The van der Waals surface area contributed by atoms with E-state index in [1.165, 1.54) is 26.8 Å². The summed E-state index contributed by atoms with van der Waals surface area (Å²) in [6.07, 6.45) is -0.441. The van der Waals surface area contributed by atoms with Crippen LogP contribution in [0.3, 0.4) is 0 Å². The van der Waals surface area contributed by atoms with Crippen molar-refractivity contribution in [2.24, 2.45) is 5.41 Å². The van der Waals surface area contributed by atoms with Crippen LogP contribution in [0.5, 0.6) is 0 Å². The second kappa shape index (κ2) is 6.21. The van der Waals surface area contributed by atoms with Gasteiger partial charge in [-0.15, -0.1) is 0 Å². The molecule has 108 valence electrons. The monoisotopic (exact) mass is 273 g/mol. The van der Waals surface area contributed by atoms with Gasteiger partial charge in [0.2, 0.25) is 0 Å². The summed E-state index contributed by atoms with van der Waals surface area (Å²) in [5.74, 6) is -2.76. The molecule has 19 heavy (non-hydrogen) atoms. The largest absolute Gasteiger partial charge is 0.481 e. The van der Waals surface area contributed by atoms with Gasteiger partial charge in [-0.05, 0) is 5.41 Å². The Hall–Kier alpha value is -2.05. The van der Waals surface area contributed by atoms with Crippen LogP contribution in [0.1, 0.15) is 27.2 Å². The van der Waals surface area contributed by atoms with Crippen molar-refractivity contribution < 1.29 is 29.3 Å². The number of hydrogen-bond donors (Lipinski definition) is 3. The number of ether oxygens (including phenoxy) is 1. The van der Waals surface area contributed by atoms with Gasteiger partial charge in [-0.1, -0.05) is 33.4 Å². The van der Waals surface area contributed by atoms with E-state index in [4.69, 9.17) is 5.11 Å². The van der Waals surface area contributed by atoms with Crippen LogP contribution in [0.15, 0.2) is 12.7 Å². The van der Waals surface area contributed by atoms with Gasteiger partial charge in [0.05, 0.1) is 6.42 Å². The summed E-state index contributed by atoms with van der Waals surface area (Å²) in [5.41, 5.74) is -2.98. The lowest BCUT2D eigenvalue weighted by Gasteiger charge is -2.40. The van der Waals surface area contributed by atoms with E-state index in [2.05, 4.69) is 16.6 Å². The fraction of sp³-hybridized carbons (Fsp3) is 0.583. The molecule has 1 atom stereocenters. The molecule has 0 aliphatic rings. The normalized spacial score (nSPS) is 14.1. The van der Waals surface area contributed by atoms with Crippen molar-refractivity contribution in [1.82, 2.24) is 5.32 Å². The van der Waals surface area contributed by atoms with Crippen LogP contribution in [-0.2, 0) is 14.3 Å². The number of rotatable bonds is 6. The van der Waals surface area contributed by atoms with E-state index < -0.39 is 35.4 Å². The molecule has 0 aliphatic heterocycles. The Bertz CT molecular complexity index is 384. The minimum absolute atomic E-state index is 0.0985. The van der Waals surface area contributed by atoms with Gasteiger partial charge in [0.15, 0.2) is 5.54 Å². The van der Waals surface area contributed by atoms with Gasteiger partial charge >= 0.3 is 18.0 Å². The van der Waals surface area contributed by atoms with Crippen molar-refractivity contribution in [3.63, 3.8) is 0 Å². The molecule has 0 aromatic rings. The number of aliphatic carboxylic acids is 2. The summed E-state index contributed by atoms with van der Waals surface area (Å²) in [4.78, 5) is 33.9. The Morgan fingerprint density at radius 1 is 1.26 bits per heavy atom. The molecule has 0 bridgehead atoms. The summed E-state index contributed by atoms with van der Waals surface area (Å²) in [5, 5.41) is 20.4. The molecule has 0 aromatic carbocycles. The van der Waals surface area contributed by atoms with E-state index in [1.807, 2.05) is 0 Å². The van der Waals surface area contributed by atoms with Crippen LogP contribution < -0.4 is 5.32 Å². The Morgan fingerprint density at radius 2 is 1.79 bits per heavy atom. The number of amides is 1. The second-order valence-corrected chi connectivity index (χ2v) is 5.04. The van der Waals surface area contributed by atoms with Crippen molar-refractivity contribution in [3.05, 3.63) is 12.7 Å². The molecule has 0 aliphatic carbocycles. The third kappa shape index (κ3) is 4.27. The highest BCUT2D eigenvalue weighted by Gasteiger charge is 2.52. The first-order valence-electron chi connectivity index (χ1n) is 5.58. The molecular weight excluding hydrogens is 254 g/mol. The van der Waals surface area contributed by atoms with Crippen molar-refractivity contribution in [2.45, 2.75) is 32.7 Å². The Balaban J connectivity index is 5.35.